The van der Waals surface area contributed by atoms with Crippen LogP contribution in [-0.2, 0) is 15.0 Å². The highest BCUT2D eigenvalue weighted by atomic mass is 19.1. The third-order valence-electron chi connectivity index (χ3n) is 6.03. The maximum atomic E-state index is 14.7. The predicted octanol–water partition coefficient (Wildman–Crippen LogP) is 3.24. The number of para-hydroxylation sites is 2. The normalized spacial score (nSPS) is 22.7. The largest absolute Gasteiger partial charge is 0.384 e. The maximum absolute atomic E-state index is 14.7. The fourth-order valence-electron chi connectivity index (χ4n) is 4.85. The summed E-state index contributed by atoms with van der Waals surface area (Å²) in [6.45, 7) is 0. The zero-order valence-corrected chi connectivity index (χ0v) is 15.9. The molecule has 1 aliphatic carbocycles. The Morgan fingerprint density at radius 2 is 1.83 bits per heavy atom. The summed E-state index contributed by atoms with van der Waals surface area (Å²) in [6, 6.07) is 15.1. The van der Waals surface area contributed by atoms with Gasteiger partial charge in [0.1, 0.15) is 23.1 Å². The van der Waals surface area contributed by atoms with Crippen LogP contribution in [0.1, 0.15) is 24.8 Å². The van der Waals surface area contributed by atoms with Crippen LogP contribution in [0, 0.1) is 17.1 Å². The van der Waals surface area contributed by atoms with Gasteiger partial charge in [-0.25, -0.2) is 4.39 Å². The number of halogens is 1. The smallest absolute Gasteiger partial charge is 0.245 e. The molecule has 1 amide bonds. The van der Waals surface area contributed by atoms with Gasteiger partial charge in [0.05, 0.1) is 11.3 Å². The molecule has 0 saturated heterocycles. The topological polar surface area (TPSA) is 99.2 Å². The standard InChI is InChI=1S/C23H17FN4O2/c24-15-7-2-4-9-17(15)28-18-10-5-11-19(29)20(18)23(14(12-25)21(28)26)13-6-1-3-8-16(13)27-22(23)30/h1-4,6-9H,5,10-11,26H2,(H,27,30). The third-order valence-corrected chi connectivity index (χ3v) is 6.03. The number of Topliss-reactive ketones (excluding diaryl/α,β-unsaturated/α-hetero) is 1. The molecule has 2 aromatic rings. The first-order valence-electron chi connectivity index (χ1n) is 9.64. The number of ketones is 1. The molecule has 0 fully saturated rings. The van der Waals surface area contributed by atoms with Gasteiger partial charge in [0, 0.05) is 28.9 Å². The van der Waals surface area contributed by atoms with Crippen LogP contribution in [-0.4, -0.2) is 11.7 Å². The molecule has 1 spiro atoms. The minimum Gasteiger partial charge on any atom is -0.384 e. The molecule has 0 aromatic heterocycles. The SMILES string of the molecule is N#CC1=C(N)N(c2ccccc2F)C2=C(C(=O)CCC2)C12C(=O)Nc1ccccc12. The second kappa shape index (κ2) is 6.29. The zero-order valence-electron chi connectivity index (χ0n) is 15.9. The van der Waals surface area contributed by atoms with Gasteiger partial charge in [0.15, 0.2) is 5.78 Å². The molecule has 0 radical (unpaired) electrons. The molecule has 148 valence electrons. The lowest BCUT2D eigenvalue weighted by atomic mass is 9.64. The highest BCUT2D eigenvalue weighted by molar-refractivity contribution is 6.19. The van der Waals surface area contributed by atoms with Crippen LogP contribution in [0.15, 0.2) is 71.2 Å². The predicted molar refractivity (Wildman–Crippen MR) is 108 cm³/mol. The van der Waals surface area contributed by atoms with Gasteiger partial charge >= 0.3 is 0 Å². The number of carbonyl (C=O) groups excluding carboxylic acids is 2. The zero-order chi connectivity index (χ0) is 21.0. The van der Waals surface area contributed by atoms with E-state index in [1.54, 1.807) is 42.5 Å². The first-order valence-corrected chi connectivity index (χ1v) is 9.64. The van der Waals surface area contributed by atoms with Crippen molar-refractivity contribution in [2.24, 2.45) is 5.73 Å². The van der Waals surface area contributed by atoms with E-state index in [1.165, 1.54) is 11.0 Å². The Kier molecular flexibility index (Phi) is 3.80. The van der Waals surface area contributed by atoms with Gasteiger partial charge in [-0.15, -0.1) is 0 Å². The molecule has 3 N–H and O–H groups in total. The molecule has 7 heteroatoms. The van der Waals surface area contributed by atoms with Crippen molar-refractivity contribution in [2.45, 2.75) is 24.7 Å². The van der Waals surface area contributed by atoms with Gasteiger partial charge in [-0.05, 0) is 31.0 Å². The average Bonchev–Trinajstić information content (AvgIpc) is 3.02. The van der Waals surface area contributed by atoms with Crippen molar-refractivity contribution >= 4 is 23.1 Å². The summed E-state index contributed by atoms with van der Waals surface area (Å²) in [6.07, 6.45) is 1.24. The third kappa shape index (κ3) is 2.10. The number of nitrogens with zero attached hydrogens (tertiary/aromatic N) is 2. The van der Waals surface area contributed by atoms with E-state index in [0.717, 1.165) is 0 Å². The maximum Gasteiger partial charge on any atom is 0.245 e. The Hall–Kier alpha value is -3.92. The lowest BCUT2D eigenvalue weighted by Gasteiger charge is -2.43. The molecule has 1 atom stereocenters. The second-order valence-corrected chi connectivity index (χ2v) is 7.51. The minimum atomic E-state index is -1.62. The number of amides is 1. The number of anilines is 2. The summed E-state index contributed by atoms with van der Waals surface area (Å²) >= 11 is 0. The van der Waals surface area contributed by atoms with Gasteiger partial charge in [-0.1, -0.05) is 30.3 Å². The summed E-state index contributed by atoms with van der Waals surface area (Å²) in [5.74, 6) is -1.29. The van der Waals surface area contributed by atoms with Crippen molar-refractivity contribution in [1.29, 1.82) is 5.26 Å². The monoisotopic (exact) mass is 400 g/mol. The molecule has 0 bridgehead atoms. The van der Waals surface area contributed by atoms with Crippen molar-refractivity contribution in [3.63, 3.8) is 0 Å². The molecule has 2 heterocycles. The van der Waals surface area contributed by atoms with Crippen LogP contribution in [0.3, 0.4) is 0 Å². The van der Waals surface area contributed by atoms with E-state index >= 15 is 0 Å². The second-order valence-electron chi connectivity index (χ2n) is 7.51. The average molecular weight is 400 g/mol. The Morgan fingerprint density at radius 3 is 2.60 bits per heavy atom. The van der Waals surface area contributed by atoms with E-state index in [2.05, 4.69) is 11.4 Å². The molecule has 2 aliphatic heterocycles. The first kappa shape index (κ1) is 18.1. The number of nitriles is 1. The minimum absolute atomic E-state index is 0.0390. The van der Waals surface area contributed by atoms with E-state index in [-0.39, 0.29) is 34.9 Å². The first-order chi connectivity index (χ1) is 14.5. The van der Waals surface area contributed by atoms with Gasteiger partial charge in [-0.3, -0.25) is 14.5 Å². The van der Waals surface area contributed by atoms with Crippen LogP contribution >= 0.6 is 0 Å². The number of benzene rings is 2. The Balaban J connectivity index is 1.91. The molecular weight excluding hydrogens is 383 g/mol. The van der Waals surface area contributed by atoms with E-state index in [1.807, 2.05) is 0 Å². The Bertz CT molecular complexity index is 1240. The summed E-state index contributed by atoms with van der Waals surface area (Å²) in [5.41, 5.74) is 6.65. The number of nitrogens with two attached hydrogens (primary N) is 1. The number of hydrogen-bond donors (Lipinski definition) is 2. The van der Waals surface area contributed by atoms with E-state index < -0.39 is 17.1 Å². The van der Waals surface area contributed by atoms with Crippen LogP contribution in [0.25, 0.3) is 0 Å². The molecule has 6 nitrogen and oxygen atoms in total. The molecule has 1 unspecified atom stereocenters. The van der Waals surface area contributed by atoms with Gasteiger partial charge in [0.25, 0.3) is 0 Å². The molecule has 0 saturated carbocycles. The van der Waals surface area contributed by atoms with Crippen molar-refractivity contribution in [2.75, 3.05) is 10.2 Å². The van der Waals surface area contributed by atoms with Crippen LogP contribution < -0.4 is 16.0 Å². The van der Waals surface area contributed by atoms with Crippen molar-refractivity contribution < 1.29 is 14.0 Å². The number of allylic oxidation sites excluding steroid dienone is 1. The summed E-state index contributed by atoms with van der Waals surface area (Å²) < 4.78 is 14.7. The van der Waals surface area contributed by atoms with Crippen molar-refractivity contribution in [3.05, 3.63) is 82.6 Å². The number of nitrogens with one attached hydrogen (secondary N) is 1. The summed E-state index contributed by atoms with van der Waals surface area (Å²) in [4.78, 5) is 28.1. The molecule has 5 rings (SSSR count). The van der Waals surface area contributed by atoms with Gasteiger partial charge in [0.2, 0.25) is 5.91 Å². The lowest BCUT2D eigenvalue weighted by Crippen LogP contribution is -2.50. The fraction of sp³-hybridized carbons (Fsp3) is 0.174. The van der Waals surface area contributed by atoms with E-state index in [9.17, 15) is 19.2 Å². The van der Waals surface area contributed by atoms with Crippen LogP contribution in [0.2, 0.25) is 0 Å². The van der Waals surface area contributed by atoms with E-state index in [4.69, 9.17) is 5.73 Å². The van der Waals surface area contributed by atoms with Gasteiger partial charge < -0.3 is 11.1 Å². The quantitative estimate of drug-likeness (QED) is 0.766. The number of carbonyl (C=O) groups is 2. The Morgan fingerprint density at radius 1 is 1.10 bits per heavy atom. The summed E-state index contributed by atoms with van der Waals surface area (Å²) in [5, 5.41) is 12.9. The fourth-order valence-corrected chi connectivity index (χ4v) is 4.85. The lowest BCUT2D eigenvalue weighted by molar-refractivity contribution is -0.122. The highest BCUT2D eigenvalue weighted by Crippen LogP contribution is 2.55. The van der Waals surface area contributed by atoms with Crippen molar-refractivity contribution in [1.82, 2.24) is 0 Å². The number of rotatable bonds is 1. The van der Waals surface area contributed by atoms with Crippen LogP contribution in [0.4, 0.5) is 15.8 Å². The summed E-state index contributed by atoms with van der Waals surface area (Å²) in [7, 11) is 0. The number of fused-ring (bicyclic) bond motifs is 3. The Labute approximate surface area is 172 Å². The van der Waals surface area contributed by atoms with Gasteiger partial charge in [-0.2, -0.15) is 5.26 Å². The molecule has 2 aromatic carbocycles. The van der Waals surface area contributed by atoms with Crippen molar-refractivity contribution in [3.8, 4) is 6.07 Å². The molecular formula is C23H17FN4O2. The molecule has 30 heavy (non-hydrogen) atoms. The highest BCUT2D eigenvalue weighted by Gasteiger charge is 2.60. The number of hydrogen-bond acceptors (Lipinski definition) is 5. The van der Waals surface area contributed by atoms with E-state index in [0.29, 0.717) is 29.8 Å². The molecule has 3 aliphatic rings. The van der Waals surface area contributed by atoms with Crippen LogP contribution in [0.5, 0.6) is 0 Å².